The van der Waals surface area contributed by atoms with Crippen molar-refractivity contribution in [3.05, 3.63) is 36.7 Å². The SMILES string of the molecule is c1ccc(OCCNc2nc(N3CCC(N4CCOCC4)CC3)nc3c2ncn3C2CCCCC2)cc1. The van der Waals surface area contributed by atoms with Crippen molar-refractivity contribution >= 4 is 22.9 Å². The molecule has 0 amide bonds. The number of piperidine rings is 1. The van der Waals surface area contributed by atoms with Crippen LogP contribution in [0.5, 0.6) is 5.75 Å². The third kappa shape index (κ3) is 5.67. The first-order valence-corrected chi connectivity index (χ1v) is 14.1. The lowest BCUT2D eigenvalue weighted by Crippen LogP contribution is -2.49. The molecule has 0 bridgehead atoms. The van der Waals surface area contributed by atoms with Gasteiger partial charge in [-0.1, -0.05) is 37.5 Å². The molecule has 1 saturated carbocycles. The molecule has 1 aromatic carbocycles. The number of rotatable bonds is 8. The summed E-state index contributed by atoms with van der Waals surface area (Å²) in [5.41, 5.74) is 1.82. The van der Waals surface area contributed by atoms with Crippen LogP contribution in [0.1, 0.15) is 51.0 Å². The van der Waals surface area contributed by atoms with E-state index >= 15 is 0 Å². The summed E-state index contributed by atoms with van der Waals surface area (Å²) >= 11 is 0. The highest BCUT2D eigenvalue weighted by molar-refractivity contribution is 5.84. The second-order valence-electron chi connectivity index (χ2n) is 10.4. The highest BCUT2D eigenvalue weighted by atomic mass is 16.5. The molecule has 4 heterocycles. The monoisotopic (exact) mass is 505 g/mol. The van der Waals surface area contributed by atoms with Crippen LogP contribution >= 0.6 is 0 Å². The number of imidazole rings is 1. The van der Waals surface area contributed by atoms with E-state index in [-0.39, 0.29) is 0 Å². The van der Waals surface area contributed by atoms with Crippen molar-refractivity contribution in [2.24, 2.45) is 0 Å². The van der Waals surface area contributed by atoms with Crippen molar-refractivity contribution in [1.82, 2.24) is 24.4 Å². The van der Waals surface area contributed by atoms with Crippen LogP contribution < -0.4 is 15.0 Å². The zero-order valence-electron chi connectivity index (χ0n) is 21.7. The van der Waals surface area contributed by atoms with Crippen LogP contribution in [0.3, 0.4) is 0 Å². The normalized spacial score (nSPS) is 20.4. The Bertz CT molecular complexity index is 1130. The van der Waals surface area contributed by atoms with Gasteiger partial charge in [0.1, 0.15) is 12.4 Å². The molecule has 0 atom stereocenters. The van der Waals surface area contributed by atoms with Crippen LogP contribution in [0.25, 0.3) is 11.2 Å². The summed E-state index contributed by atoms with van der Waals surface area (Å²) in [6.07, 6.45) is 10.5. The number of anilines is 2. The number of fused-ring (bicyclic) bond motifs is 1. The molecule has 0 unspecified atom stereocenters. The number of morpholine rings is 1. The van der Waals surface area contributed by atoms with Gasteiger partial charge in [-0.05, 0) is 37.8 Å². The fourth-order valence-electron chi connectivity index (χ4n) is 6.02. The summed E-state index contributed by atoms with van der Waals surface area (Å²) in [4.78, 5) is 19.9. The van der Waals surface area contributed by atoms with Crippen molar-refractivity contribution in [2.45, 2.75) is 57.0 Å². The number of hydrogen-bond donors (Lipinski definition) is 1. The first kappa shape index (κ1) is 24.4. The van der Waals surface area contributed by atoms with Gasteiger partial charge in [-0.3, -0.25) is 4.90 Å². The molecule has 6 rings (SSSR count). The summed E-state index contributed by atoms with van der Waals surface area (Å²) in [5.74, 6) is 2.50. The first-order chi connectivity index (χ1) is 18.3. The Kier molecular flexibility index (Phi) is 7.69. The predicted molar refractivity (Wildman–Crippen MR) is 145 cm³/mol. The molecule has 3 aromatic rings. The Morgan fingerprint density at radius 2 is 1.68 bits per heavy atom. The molecule has 37 heavy (non-hydrogen) atoms. The standard InChI is InChI=1S/C28H39N7O2/c1-3-7-23(8-4-1)35-21-30-25-26(29-13-18-37-24-9-5-2-6-10-24)31-28(32-27(25)35)34-14-11-22(12-15-34)33-16-19-36-20-17-33/h2,5-6,9-10,21-23H,1,3-4,7-8,11-20H2,(H,29,31,32). The van der Waals surface area contributed by atoms with Gasteiger partial charge < -0.3 is 24.3 Å². The Balaban J connectivity index is 1.20. The third-order valence-corrected chi connectivity index (χ3v) is 8.09. The number of benzene rings is 1. The Hall–Kier alpha value is -2.91. The van der Waals surface area contributed by atoms with Crippen molar-refractivity contribution in [1.29, 1.82) is 0 Å². The largest absolute Gasteiger partial charge is 0.492 e. The maximum Gasteiger partial charge on any atom is 0.229 e. The number of aromatic nitrogens is 4. The molecule has 2 aliphatic heterocycles. The molecule has 198 valence electrons. The van der Waals surface area contributed by atoms with E-state index in [2.05, 4.69) is 19.7 Å². The highest BCUT2D eigenvalue weighted by Gasteiger charge is 2.28. The second-order valence-corrected chi connectivity index (χ2v) is 10.4. The molecule has 0 spiro atoms. The molecule has 3 aliphatic rings. The molecule has 2 saturated heterocycles. The lowest BCUT2D eigenvalue weighted by atomic mass is 9.95. The summed E-state index contributed by atoms with van der Waals surface area (Å²) in [5, 5.41) is 3.51. The Labute approximate surface area is 219 Å². The van der Waals surface area contributed by atoms with E-state index in [4.69, 9.17) is 24.4 Å². The molecule has 9 nitrogen and oxygen atoms in total. The van der Waals surface area contributed by atoms with Crippen molar-refractivity contribution < 1.29 is 9.47 Å². The number of hydrogen-bond acceptors (Lipinski definition) is 8. The molecule has 3 fully saturated rings. The molecular formula is C28H39N7O2. The topological polar surface area (TPSA) is 80.6 Å². The minimum Gasteiger partial charge on any atom is -0.492 e. The van der Waals surface area contributed by atoms with E-state index in [1.165, 1.54) is 32.1 Å². The summed E-state index contributed by atoms with van der Waals surface area (Å²) in [7, 11) is 0. The van der Waals surface area contributed by atoms with Gasteiger partial charge in [-0.15, -0.1) is 0 Å². The highest BCUT2D eigenvalue weighted by Crippen LogP contribution is 2.33. The van der Waals surface area contributed by atoms with Crippen LogP contribution in [0.2, 0.25) is 0 Å². The lowest BCUT2D eigenvalue weighted by Gasteiger charge is -2.40. The maximum absolute atomic E-state index is 5.90. The summed E-state index contributed by atoms with van der Waals surface area (Å²) in [6.45, 7) is 6.96. The zero-order chi connectivity index (χ0) is 24.9. The zero-order valence-corrected chi connectivity index (χ0v) is 21.7. The molecule has 0 radical (unpaired) electrons. The van der Waals surface area contributed by atoms with Crippen LogP contribution in [0.15, 0.2) is 36.7 Å². The molecule has 2 aromatic heterocycles. The van der Waals surface area contributed by atoms with Gasteiger partial charge in [0, 0.05) is 38.3 Å². The van der Waals surface area contributed by atoms with Gasteiger partial charge in [0.2, 0.25) is 5.95 Å². The van der Waals surface area contributed by atoms with Crippen molar-refractivity contribution in [3.63, 3.8) is 0 Å². The van der Waals surface area contributed by atoms with Gasteiger partial charge in [0.15, 0.2) is 17.0 Å². The third-order valence-electron chi connectivity index (χ3n) is 8.09. The maximum atomic E-state index is 5.90. The van der Waals surface area contributed by atoms with E-state index in [1.54, 1.807) is 0 Å². The second kappa shape index (κ2) is 11.6. The van der Waals surface area contributed by atoms with Gasteiger partial charge in [0.05, 0.1) is 26.1 Å². The Morgan fingerprint density at radius 3 is 2.46 bits per heavy atom. The molecule has 9 heteroatoms. The van der Waals surface area contributed by atoms with Crippen LogP contribution in [0.4, 0.5) is 11.8 Å². The smallest absolute Gasteiger partial charge is 0.229 e. The summed E-state index contributed by atoms with van der Waals surface area (Å²) in [6, 6.07) is 11.0. The van der Waals surface area contributed by atoms with Crippen molar-refractivity contribution in [2.75, 3.05) is 62.8 Å². The average molecular weight is 506 g/mol. The lowest BCUT2D eigenvalue weighted by molar-refractivity contribution is 0.0114. The van der Waals surface area contributed by atoms with Crippen LogP contribution in [-0.2, 0) is 4.74 Å². The molecular weight excluding hydrogens is 466 g/mol. The minimum atomic E-state index is 0.475. The van der Waals surface area contributed by atoms with E-state index in [1.807, 2.05) is 36.7 Å². The van der Waals surface area contributed by atoms with E-state index in [9.17, 15) is 0 Å². The molecule has 1 aliphatic carbocycles. The quantitative estimate of drug-likeness (QED) is 0.458. The minimum absolute atomic E-state index is 0.475. The fourth-order valence-corrected chi connectivity index (χ4v) is 6.02. The number of nitrogens with one attached hydrogen (secondary N) is 1. The number of para-hydroxylation sites is 1. The Morgan fingerprint density at radius 1 is 0.892 bits per heavy atom. The molecule has 1 N–H and O–H groups in total. The van der Waals surface area contributed by atoms with Crippen LogP contribution in [0, 0.1) is 0 Å². The van der Waals surface area contributed by atoms with Gasteiger partial charge in [-0.25, -0.2) is 4.98 Å². The number of nitrogens with zero attached hydrogens (tertiary/aromatic N) is 6. The van der Waals surface area contributed by atoms with E-state index in [0.717, 1.165) is 80.9 Å². The van der Waals surface area contributed by atoms with E-state index < -0.39 is 0 Å². The van der Waals surface area contributed by atoms with Gasteiger partial charge >= 0.3 is 0 Å². The van der Waals surface area contributed by atoms with E-state index in [0.29, 0.717) is 25.2 Å². The fraction of sp³-hybridized carbons (Fsp3) is 0.607. The van der Waals surface area contributed by atoms with Crippen LogP contribution in [-0.4, -0.2) is 83.0 Å². The summed E-state index contributed by atoms with van der Waals surface area (Å²) < 4.78 is 13.8. The van der Waals surface area contributed by atoms with Gasteiger partial charge in [-0.2, -0.15) is 9.97 Å². The average Bonchev–Trinajstić information content (AvgIpc) is 3.41. The van der Waals surface area contributed by atoms with Crippen molar-refractivity contribution in [3.8, 4) is 5.75 Å². The predicted octanol–water partition coefficient (Wildman–Crippen LogP) is 4.12. The van der Waals surface area contributed by atoms with Gasteiger partial charge in [0.25, 0.3) is 0 Å². The first-order valence-electron chi connectivity index (χ1n) is 14.1. The number of ether oxygens (including phenoxy) is 2.